The number of hydrogen-bond donors (Lipinski definition) is 1. The van der Waals surface area contributed by atoms with Crippen molar-refractivity contribution < 1.29 is 14.2 Å². The zero-order chi connectivity index (χ0) is 33.2. The van der Waals surface area contributed by atoms with E-state index in [0.717, 1.165) is 42.9 Å². The molecule has 4 nitrogen and oxygen atoms in total. The molecule has 0 aliphatic carbocycles. The molecule has 0 radical (unpaired) electrons. The van der Waals surface area contributed by atoms with Crippen LogP contribution in [0.15, 0.2) is 18.2 Å². The van der Waals surface area contributed by atoms with Crippen LogP contribution in [0.1, 0.15) is 212 Å². The van der Waals surface area contributed by atoms with Crippen LogP contribution in [0.2, 0.25) is 0 Å². The van der Waals surface area contributed by atoms with Gasteiger partial charge in [0.05, 0.1) is 13.7 Å². The molecule has 0 saturated carbocycles. The van der Waals surface area contributed by atoms with Gasteiger partial charge in [-0.05, 0) is 18.9 Å². The molecule has 1 rings (SSSR count). The van der Waals surface area contributed by atoms with Crippen molar-refractivity contribution in [1.82, 2.24) is 0 Å². The topological polar surface area (TPSA) is 53.7 Å². The van der Waals surface area contributed by atoms with Crippen LogP contribution in [0.3, 0.4) is 0 Å². The third-order valence-corrected chi connectivity index (χ3v) is 9.60. The fourth-order valence-electron chi connectivity index (χ4n) is 6.45. The second-order valence-electron chi connectivity index (χ2n) is 13.9. The quantitative estimate of drug-likeness (QED) is 0.0583. The molecule has 2 N–H and O–H groups in total. The van der Waals surface area contributed by atoms with E-state index in [4.69, 9.17) is 19.9 Å². The van der Waals surface area contributed by atoms with Crippen LogP contribution < -0.4 is 15.2 Å². The lowest BCUT2D eigenvalue weighted by molar-refractivity contribution is -0.0870. The number of hydrogen-bond acceptors (Lipinski definition) is 4. The predicted octanol–water partition coefficient (Wildman–Crippen LogP) is 13.6. The maximum absolute atomic E-state index is 6.41. The third-order valence-electron chi connectivity index (χ3n) is 9.60. The van der Waals surface area contributed by atoms with Crippen molar-refractivity contribution in [3.8, 4) is 11.5 Å². The Kier molecular flexibility index (Phi) is 31.3. The van der Waals surface area contributed by atoms with Gasteiger partial charge in [0.2, 0.25) is 0 Å². The lowest BCUT2D eigenvalue weighted by Gasteiger charge is -2.22. The lowest BCUT2D eigenvalue weighted by atomic mass is 10.0. The zero-order valence-corrected chi connectivity index (χ0v) is 31.2. The van der Waals surface area contributed by atoms with Gasteiger partial charge >= 0.3 is 0 Å². The molecule has 1 atom stereocenters. The first-order chi connectivity index (χ1) is 22.7. The molecule has 4 heteroatoms. The largest absolute Gasteiger partial charge is 0.497 e. The van der Waals surface area contributed by atoms with E-state index >= 15 is 0 Å². The monoisotopic (exact) mass is 646 g/mol. The van der Waals surface area contributed by atoms with Gasteiger partial charge in [-0.1, -0.05) is 193 Å². The van der Waals surface area contributed by atoms with E-state index in [-0.39, 0.29) is 6.29 Å². The molecular formula is C42H79NO3. The van der Waals surface area contributed by atoms with E-state index in [1.165, 1.54) is 173 Å². The predicted molar refractivity (Wildman–Crippen MR) is 201 cm³/mol. The molecule has 1 unspecified atom stereocenters. The van der Waals surface area contributed by atoms with Crippen LogP contribution in [0.5, 0.6) is 11.5 Å². The van der Waals surface area contributed by atoms with Gasteiger partial charge in [0.25, 0.3) is 0 Å². The van der Waals surface area contributed by atoms with Crippen molar-refractivity contribution in [1.29, 1.82) is 0 Å². The molecule has 0 aliphatic rings. The van der Waals surface area contributed by atoms with Crippen LogP contribution in [0.4, 0.5) is 0 Å². The highest BCUT2D eigenvalue weighted by molar-refractivity contribution is 5.40. The summed E-state index contributed by atoms with van der Waals surface area (Å²) in [5.74, 6) is 1.59. The number of benzene rings is 1. The van der Waals surface area contributed by atoms with Gasteiger partial charge in [-0.3, -0.25) is 0 Å². The molecule has 0 spiro atoms. The van der Waals surface area contributed by atoms with Gasteiger partial charge in [0.1, 0.15) is 11.5 Å². The Bertz CT molecular complexity index is 754. The summed E-state index contributed by atoms with van der Waals surface area (Å²) >= 11 is 0. The molecule has 0 fully saturated rings. The second kappa shape index (κ2) is 33.6. The molecule has 1 aromatic rings. The average Bonchev–Trinajstić information content (AvgIpc) is 3.07. The maximum atomic E-state index is 6.41. The first-order valence-electron chi connectivity index (χ1n) is 20.4. The Morgan fingerprint density at radius 3 is 1.30 bits per heavy atom. The minimum Gasteiger partial charge on any atom is -0.497 e. The first-order valence-corrected chi connectivity index (χ1v) is 20.4. The van der Waals surface area contributed by atoms with Gasteiger partial charge in [0.15, 0.2) is 6.29 Å². The maximum Gasteiger partial charge on any atom is 0.199 e. The third kappa shape index (κ3) is 25.8. The molecule has 0 heterocycles. The van der Waals surface area contributed by atoms with E-state index in [0.29, 0.717) is 6.54 Å². The molecule has 0 saturated heterocycles. The minimum atomic E-state index is -0.220. The van der Waals surface area contributed by atoms with Crippen LogP contribution >= 0.6 is 0 Å². The highest BCUT2D eigenvalue weighted by atomic mass is 16.7. The van der Waals surface area contributed by atoms with E-state index in [1.54, 1.807) is 7.11 Å². The average molecular weight is 646 g/mol. The number of unbranched alkanes of at least 4 members (excludes halogenated alkanes) is 27. The van der Waals surface area contributed by atoms with Gasteiger partial charge in [-0.2, -0.15) is 0 Å². The Labute approximate surface area is 287 Å². The summed E-state index contributed by atoms with van der Waals surface area (Å²) in [6.45, 7) is 5.80. The summed E-state index contributed by atoms with van der Waals surface area (Å²) in [5, 5.41) is 0. The number of ether oxygens (including phenoxy) is 3. The van der Waals surface area contributed by atoms with Gasteiger partial charge in [-0.25, -0.2) is 0 Å². The fourth-order valence-corrected chi connectivity index (χ4v) is 6.45. The SMILES string of the molecule is CCCCCCCCCCCCCCCCCCCCCCOC(CCCCCCCCCCC)Oc1cc(OC)ccc1CN. The van der Waals surface area contributed by atoms with E-state index in [2.05, 4.69) is 13.8 Å². The van der Waals surface area contributed by atoms with Gasteiger partial charge in [-0.15, -0.1) is 0 Å². The Hall–Kier alpha value is -1.26. The van der Waals surface area contributed by atoms with E-state index < -0.39 is 0 Å². The smallest absolute Gasteiger partial charge is 0.199 e. The highest BCUT2D eigenvalue weighted by Gasteiger charge is 2.14. The Morgan fingerprint density at radius 1 is 0.522 bits per heavy atom. The number of methoxy groups -OCH3 is 1. The highest BCUT2D eigenvalue weighted by Crippen LogP contribution is 2.27. The lowest BCUT2D eigenvalue weighted by Crippen LogP contribution is -2.22. The van der Waals surface area contributed by atoms with Crippen molar-refractivity contribution in [2.24, 2.45) is 5.73 Å². The summed E-state index contributed by atoms with van der Waals surface area (Å²) < 4.78 is 18.2. The van der Waals surface area contributed by atoms with Crippen LogP contribution in [0, 0.1) is 0 Å². The summed E-state index contributed by atoms with van der Waals surface area (Å²) in [4.78, 5) is 0. The molecule has 0 amide bonds. The normalized spacial score (nSPS) is 12.1. The van der Waals surface area contributed by atoms with Crippen molar-refractivity contribution in [3.05, 3.63) is 23.8 Å². The molecule has 46 heavy (non-hydrogen) atoms. The van der Waals surface area contributed by atoms with Gasteiger partial charge < -0.3 is 19.9 Å². The van der Waals surface area contributed by atoms with Crippen LogP contribution in [-0.4, -0.2) is 20.0 Å². The Morgan fingerprint density at radius 2 is 0.913 bits per heavy atom. The number of rotatable bonds is 36. The molecule has 270 valence electrons. The van der Waals surface area contributed by atoms with Crippen molar-refractivity contribution in [3.63, 3.8) is 0 Å². The fraction of sp³-hybridized carbons (Fsp3) is 0.857. The molecule has 0 aromatic heterocycles. The first kappa shape index (κ1) is 42.8. The second-order valence-corrected chi connectivity index (χ2v) is 13.9. The zero-order valence-electron chi connectivity index (χ0n) is 31.2. The number of nitrogens with two attached hydrogens (primary N) is 1. The minimum absolute atomic E-state index is 0.220. The van der Waals surface area contributed by atoms with E-state index in [1.807, 2.05) is 18.2 Å². The van der Waals surface area contributed by atoms with Crippen molar-refractivity contribution in [2.75, 3.05) is 13.7 Å². The van der Waals surface area contributed by atoms with Crippen molar-refractivity contribution in [2.45, 2.75) is 219 Å². The van der Waals surface area contributed by atoms with Crippen LogP contribution in [-0.2, 0) is 11.3 Å². The van der Waals surface area contributed by atoms with E-state index in [9.17, 15) is 0 Å². The summed E-state index contributed by atoms with van der Waals surface area (Å²) in [6.07, 6.45) is 40.7. The van der Waals surface area contributed by atoms with Gasteiger partial charge in [0, 0.05) is 24.6 Å². The summed E-state index contributed by atoms with van der Waals surface area (Å²) in [5.41, 5.74) is 7.01. The molecule has 0 aliphatic heterocycles. The summed E-state index contributed by atoms with van der Waals surface area (Å²) in [7, 11) is 1.69. The standard InChI is InChI=1S/C42H79NO3/c1-4-6-8-10-12-14-15-16-17-18-19-20-21-22-23-24-26-28-30-32-36-45-42(33-31-29-27-25-13-11-9-7-5-2)46-41-37-40(44-3)35-34-39(41)38-43/h34-35,37,42H,4-33,36,38,43H2,1-3H3. The Balaban J connectivity index is 2.12. The van der Waals surface area contributed by atoms with Crippen LogP contribution in [0.25, 0.3) is 0 Å². The molecule has 1 aromatic carbocycles. The van der Waals surface area contributed by atoms with Crippen molar-refractivity contribution >= 4 is 0 Å². The summed E-state index contributed by atoms with van der Waals surface area (Å²) in [6, 6.07) is 5.90. The molecule has 0 bridgehead atoms. The molecular weight excluding hydrogens is 566 g/mol.